The Kier molecular flexibility index (Phi) is 4.86. The van der Waals surface area contributed by atoms with E-state index in [0.29, 0.717) is 17.6 Å². The van der Waals surface area contributed by atoms with Gasteiger partial charge in [0.25, 0.3) is 5.56 Å². The third-order valence-corrected chi connectivity index (χ3v) is 4.44. The Morgan fingerprint density at radius 3 is 2.79 bits per heavy atom. The largest absolute Gasteiger partial charge is 0.379 e. The van der Waals surface area contributed by atoms with Crippen molar-refractivity contribution in [2.45, 2.75) is 51.5 Å². The van der Waals surface area contributed by atoms with Crippen molar-refractivity contribution in [1.82, 2.24) is 9.78 Å². The highest BCUT2D eigenvalue weighted by Crippen LogP contribution is 2.30. The van der Waals surface area contributed by atoms with Crippen LogP contribution in [0.4, 0.5) is 5.69 Å². The maximum absolute atomic E-state index is 11.8. The summed E-state index contributed by atoms with van der Waals surface area (Å²) in [6.45, 7) is 2.18. The molecule has 1 unspecified atom stereocenters. The lowest BCUT2D eigenvalue weighted by molar-refractivity contribution is 0.313. The molecule has 0 amide bonds. The Balaban J connectivity index is 2.14. The van der Waals surface area contributed by atoms with Gasteiger partial charge in [-0.2, -0.15) is 5.10 Å². The molecule has 0 aromatic carbocycles. The van der Waals surface area contributed by atoms with Gasteiger partial charge >= 0.3 is 0 Å². The van der Waals surface area contributed by atoms with Crippen molar-refractivity contribution in [2.24, 2.45) is 13.0 Å². The molecular formula is C14H22ClN3O. The van der Waals surface area contributed by atoms with Crippen molar-refractivity contribution in [3.8, 4) is 0 Å². The van der Waals surface area contributed by atoms with Crippen molar-refractivity contribution >= 4 is 17.3 Å². The second-order valence-electron chi connectivity index (χ2n) is 5.36. The molecule has 1 aromatic heterocycles. The summed E-state index contributed by atoms with van der Waals surface area (Å²) in [7, 11) is 1.61. The minimum Gasteiger partial charge on any atom is -0.379 e. The smallest absolute Gasteiger partial charge is 0.287 e. The van der Waals surface area contributed by atoms with E-state index in [9.17, 15) is 4.79 Å². The minimum absolute atomic E-state index is 0.242. The molecule has 2 rings (SSSR count). The van der Waals surface area contributed by atoms with E-state index in [1.165, 1.54) is 36.8 Å². The summed E-state index contributed by atoms with van der Waals surface area (Å²) in [5.74, 6) is 0.680. The van der Waals surface area contributed by atoms with Gasteiger partial charge in [0.2, 0.25) is 0 Å². The molecule has 5 heteroatoms. The van der Waals surface area contributed by atoms with Crippen molar-refractivity contribution in [1.29, 1.82) is 0 Å². The average Bonchev–Trinajstić information content (AvgIpc) is 2.45. The SMILES string of the molecule is CCC(Nc1cnn(C)c(=O)c1Cl)C1CCCCC1. The fourth-order valence-electron chi connectivity index (χ4n) is 2.90. The number of aromatic nitrogens is 2. The number of nitrogens with zero attached hydrogens (tertiary/aromatic N) is 2. The molecule has 1 N–H and O–H groups in total. The lowest BCUT2D eigenvalue weighted by Gasteiger charge is -2.31. The molecule has 19 heavy (non-hydrogen) atoms. The molecule has 1 aliphatic rings. The summed E-state index contributed by atoms with van der Waals surface area (Å²) in [6, 6.07) is 0.381. The van der Waals surface area contributed by atoms with Gasteiger partial charge in [-0.3, -0.25) is 4.79 Å². The normalized spacial score (nSPS) is 18.3. The van der Waals surface area contributed by atoms with Gasteiger partial charge in [0.05, 0.1) is 11.9 Å². The van der Waals surface area contributed by atoms with E-state index >= 15 is 0 Å². The predicted octanol–water partition coefficient (Wildman–Crippen LogP) is 3.20. The van der Waals surface area contributed by atoms with Crippen molar-refractivity contribution in [2.75, 3.05) is 5.32 Å². The Bertz CT molecular complexity index is 480. The summed E-state index contributed by atoms with van der Waals surface area (Å²) < 4.78 is 1.26. The molecule has 0 radical (unpaired) electrons. The number of aryl methyl sites for hydroxylation is 1. The van der Waals surface area contributed by atoms with Gasteiger partial charge in [0, 0.05) is 13.1 Å². The van der Waals surface area contributed by atoms with Crippen LogP contribution in [0.1, 0.15) is 45.4 Å². The molecular weight excluding hydrogens is 262 g/mol. The molecule has 1 fully saturated rings. The molecule has 0 bridgehead atoms. The zero-order chi connectivity index (χ0) is 13.8. The topological polar surface area (TPSA) is 46.9 Å². The maximum atomic E-state index is 11.8. The first-order valence-corrected chi connectivity index (χ1v) is 7.49. The molecule has 1 aromatic rings. The van der Waals surface area contributed by atoms with Crippen LogP contribution in [0.3, 0.4) is 0 Å². The first-order valence-electron chi connectivity index (χ1n) is 7.11. The quantitative estimate of drug-likeness (QED) is 0.923. The molecule has 1 heterocycles. The van der Waals surface area contributed by atoms with E-state index in [2.05, 4.69) is 17.3 Å². The number of halogens is 1. The highest BCUT2D eigenvalue weighted by molar-refractivity contribution is 6.32. The second-order valence-corrected chi connectivity index (χ2v) is 5.74. The Morgan fingerprint density at radius 1 is 1.47 bits per heavy atom. The van der Waals surface area contributed by atoms with E-state index in [1.807, 2.05) is 0 Å². The molecule has 1 saturated carbocycles. The van der Waals surface area contributed by atoms with Crippen LogP contribution in [-0.2, 0) is 7.05 Å². The predicted molar refractivity (Wildman–Crippen MR) is 78.8 cm³/mol. The fourth-order valence-corrected chi connectivity index (χ4v) is 3.13. The molecule has 106 valence electrons. The number of rotatable bonds is 4. The highest BCUT2D eigenvalue weighted by Gasteiger charge is 2.23. The Hall–Kier alpha value is -1.03. The van der Waals surface area contributed by atoms with Crippen molar-refractivity contribution in [3.05, 3.63) is 21.6 Å². The highest BCUT2D eigenvalue weighted by atomic mass is 35.5. The van der Waals surface area contributed by atoms with Crippen molar-refractivity contribution in [3.63, 3.8) is 0 Å². The van der Waals surface area contributed by atoms with Crippen molar-refractivity contribution < 1.29 is 0 Å². The van der Waals surface area contributed by atoms with E-state index in [-0.39, 0.29) is 10.6 Å². The van der Waals surface area contributed by atoms with Crippen LogP contribution in [0.25, 0.3) is 0 Å². The second kappa shape index (κ2) is 6.42. The maximum Gasteiger partial charge on any atom is 0.287 e. The summed E-state index contributed by atoms with van der Waals surface area (Å²) in [5, 5.41) is 7.70. The minimum atomic E-state index is -0.245. The van der Waals surface area contributed by atoms with E-state index in [1.54, 1.807) is 13.2 Å². The van der Waals surface area contributed by atoms with Gasteiger partial charge < -0.3 is 5.32 Å². The van der Waals surface area contributed by atoms with Gasteiger partial charge in [0.15, 0.2) is 0 Å². The number of hydrogen-bond donors (Lipinski definition) is 1. The van der Waals surface area contributed by atoms with Crippen LogP contribution in [0.5, 0.6) is 0 Å². The Labute approximate surface area is 119 Å². The van der Waals surface area contributed by atoms with E-state index < -0.39 is 0 Å². The summed E-state index contributed by atoms with van der Waals surface area (Å²) in [4.78, 5) is 11.8. The fraction of sp³-hybridized carbons (Fsp3) is 0.714. The summed E-state index contributed by atoms with van der Waals surface area (Å²) in [6.07, 6.45) is 9.19. The van der Waals surface area contributed by atoms with Gasteiger partial charge in [-0.05, 0) is 25.2 Å². The average molecular weight is 284 g/mol. The lowest BCUT2D eigenvalue weighted by atomic mass is 9.83. The molecule has 4 nitrogen and oxygen atoms in total. The van der Waals surface area contributed by atoms with Gasteiger partial charge in [-0.1, -0.05) is 37.8 Å². The van der Waals surface area contributed by atoms with Gasteiger partial charge in [-0.15, -0.1) is 0 Å². The van der Waals surface area contributed by atoms with E-state index in [4.69, 9.17) is 11.6 Å². The first-order chi connectivity index (χ1) is 9.13. The molecule has 0 saturated heterocycles. The van der Waals surface area contributed by atoms with Crippen LogP contribution in [-0.4, -0.2) is 15.8 Å². The summed E-state index contributed by atoms with van der Waals surface area (Å²) in [5.41, 5.74) is 0.423. The standard InChI is InChI=1S/C14H22ClN3O/c1-3-11(10-7-5-4-6-8-10)17-12-9-16-18(2)14(19)13(12)15/h9-11,17H,3-8H2,1-2H3. The number of anilines is 1. The monoisotopic (exact) mass is 283 g/mol. The molecule has 1 atom stereocenters. The zero-order valence-electron chi connectivity index (χ0n) is 11.7. The molecule has 0 aliphatic heterocycles. The Morgan fingerprint density at radius 2 is 2.16 bits per heavy atom. The van der Waals surface area contributed by atoms with Crippen LogP contribution in [0.2, 0.25) is 5.02 Å². The zero-order valence-corrected chi connectivity index (χ0v) is 12.4. The van der Waals surface area contributed by atoms with Crippen LogP contribution >= 0.6 is 11.6 Å². The van der Waals surface area contributed by atoms with E-state index in [0.717, 1.165) is 6.42 Å². The summed E-state index contributed by atoms with van der Waals surface area (Å²) >= 11 is 6.10. The number of hydrogen-bond acceptors (Lipinski definition) is 3. The van der Waals surface area contributed by atoms with Crippen LogP contribution in [0, 0.1) is 5.92 Å². The number of nitrogens with one attached hydrogen (secondary N) is 1. The molecule has 1 aliphatic carbocycles. The third kappa shape index (κ3) is 3.30. The first kappa shape index (κ1) is 14.4. The van der Waals surface area contributed by atoms with Crippen LogP contribution < -0.4 is 10.9 Å². The third-order valence-electron chi connectivity index (χ3n) is 4.08. The van der Waals surface area contributed by atoms with Gasteiger partial charge in [0.1, 0.15) is 5.02 Å². The lowest BCUT2D eigenvalue weighted by Crippen LogP contribution is -2.31. The van der Waals surface area contributed by atoms with Gasteiger partial charge in [-0.25, -0.2) is 4.68 Å². The van der Waals surface area contributed by atoms with Crippen LogP contribution in [0.15, 0.2) is 11.0 Å². The molecule has 0 spiro atoms.